The van der Waals surface area contributed by atoms with Crippen molar-refractivity contribution in [1.82, 2.24) is 4.31 Å². The molecule has 1 saturated heterocycles. The summed E-state index contributed by atoms with van der Waals surface area (Å²) >= 11 is 3.43. The number of nitrogens with zero attached hydrogens (tertiary/aromatic N) is 1. The van der Waals surface area contributed by atoms with Gasteiger partial charge in [0.1, 0.15) is 5.58 Å². The monoisotopic (exact) mass is 506 g/mol. The van der Waals surface area contributed by atoms with E-state index in [1.54, 1.807) is 18.4 Å². The lowest BCUT2D eigenvalue weighted by Crippen LogP contribution is -2.48. The maximum atomic E-state index is 12.9. The van der Waals surface area contributed by atoms with Crippen LogP contribution in [0.5, 0.6) is 0 Å². The first-order chi connectivity index (χ1) is 14.7. The highest BCUT2D eigenvalue weighted by Crippen LogP contribution is 2.26. The van der Waals surface area contributed by atoms with Gasteiger partial charge in [-0.2, -0.15) is 4.31 Å². The fourth-order valence-corrected chi connectivity index (χ4v) is 5.71. The van der Waals surface area contributed by atoms with E-state index in [-0.39, 0.29) is 29.4 Å². The van der Waals surface area contributed by atoms with E-state index in [0.29, 0.717) is 24.4 Å². The molecule has 31 heavy (non-hydrogen) atoms. The van der Waals surface area contributed by atoms with Crippen LogP contribution in [0.1, 0.15) is 19.4 Å². The maximum Gasteiger partial charge on any atom is 0.243 e. The second-order valence-electron chi connectivity index (χ2n) is 7.73. The van der Waals surface area contributed by atoms with Gasteiger partial charge in [-0.15, -0.1) is 0 Å². The molecule has 4 rings (SSSR count). The van der Waals surface area contributed by atoms with Crippen molar-refractivity contribution in [2.75, 3.05) is 18.4 Å². The second-order valence-corrected chi connectivity index (χ2v) is 10.6. The van der Waals surface area contributed by atoms with Gasteiger partial charge in [0.2, 0.25) is 15.9 Å². The summed E-state index contributed by atoms with van der Waals surface area (Å²) in [5.74, 6) is -0.214. The molecule has 1 amide bonds. The number of hydrogen-bond acceptors (Lipinski definition) is 5. The number of sulfonamides is 1. The second kappa shape index (κ2) is 8.74. The molecule has 1 aromatic heterocycles. The lowest BCUT2D eigenvalue weighted by atomic mass is 10.1. The Morgan fingerprint density at radius 3 is 2.48 bits per heavy atom. The summed E-state index contributed by atoms with van der Waals surface area (Å²) in [7, 11) is -3.62. The first kappa shape index (κ1) is 22.0. The Labute approximate surface area is 189 Å². The van der Waals surface area contributed by atoms with Crippen LogP contribution in [0.15, 0.2) is 62.5 Å². The van der Waals surface area contributed by atoms with Crippen molar-refractivity contribution >= 4 is 48.5 Å². The molecule has 1 aliphatic heterocycles. The van der Waals surface area contributed by atoms with Gasteiger partial charge in [0.15, 0.2) is 0 Å². The number of anilines is 1. The lowest BCUT2D eigenvalue weighted by Gasteiger charge is -2.34. The molecule has 2 atom stereocenters. The third-order valence-corrected chi connectivity index (χ3v) is 7.47. The third-order valence-electron chi connectivity index (χ3n) is 5.13. The van der Waals surface area contributed by atoms with E-state index in [0.717, 1.165) is 15.4 Å². The summed E-state index contributed by atoms with van der Waals surface area (Å²) < 4.78 is 39.4. The van der Waals surface area contributed by atoms with E-state index in [9.17, 15) is 13.2 Å². The highest BCUT2D eigenvalue weighted by atomic mass is 79.9. The quantitative estimate of drug-likeness (QED) is 0.560. The minimum Gasteiger partial charge on any atom is -0.464 e. The van der Waals surface area contributed by atoms with Crippen LogP contribution < -0.4 is 5.32 Å². The molecule has 2 aromatic carbocycles. The Bertz CT molecular complexity index is 1200. The zero-order chi connectivity index (χ0) is 22.2. The number of nitrogens with one attached hydrogen (secondary N) is 1. The van der Waals surface area contributed by atoms with Crippen LogP contribution in [0, 0.1) is 0 Å². The summed E-state index contributed by atoms with van der Waals surface area (Å²) in [6.45, 7) is 4.36. The number of benzene rings is 2. The molecular formula is C22H23BrN2O5S. The molecule has 1 N–H and O–H groups in total. The predicted molar refractivity (Wildman–Crippen MR) is 121 cm³/mol. The van der Waals surface area contributed by atoms with Gasteiger partial charge >= 0.3 is 0 Å². The molecule has 0 aliphatic carbocycles. The van der Waals surface area contributed by atoms with Gasteiger partial charge in [-0.1, -0.05) is 15.9 Å². The van der Waals surface area contributed by atoms with Gasteiger partial charge in [0.05, 0.1) is 29.8 Å². The zero-order valence-electron chi connectivity index (χ0n) is 17.2. The van der Waals surface area contributed by atoms with Gasteiger partial charge in [-0.3, -0.25) is 4.79 Å². The molecule has 164 valence electrons. The van der Waals surface area contributed by atoms with Crippen LogP contribution in [-0.4, -0.2) is 43.9 Å². The zero-order valence-corrected chi connectivity index (χ0v) is 19.6. The van der Waals surface area contributed by atoms with Gasteiger partial charge < -0.3 is 14.5 Å². The molecular weight excluding hydrogens is 484 g/mol. The lowest BCUT2D eigenvalue weighted by molar-refractivity contribution is -0.115. The number of halogens is 1. The van der Waals surface area contributed by atoms with Crippen molar-refractivity contribution in [3.8, 4) is 0 Å². The number of hydrogen-bond donors (Lipinski definition) is 1. The van der Waals surface area contributed by atoms with Crippen LogP contribution in [0.3, 0.4) is 0 Å². The summed E-state index contributed by atoms with van der Waals surface area (Å²) in [5, 5.41) is 3.69. The van der Waals surface area contributed by atoms with Gasteiger partial charge in [-0.05, 0) is 56.3 Å². The maximum absolute atomic E-state index is 12.9. The molecule has 0 saturated carbocycles. The first-order valence-corrected chi connectivity index (χ1v) is 12.2. The van der Waals surface area contributed by atoms with Crippen LogP contribution in [0.4, 0.5) is 5.69 Å². The summed E-state index contributed by atoms with van der Waals surface area (Å²) in [6.07, 6.45) is 1.41. The summed E-state index contributed by atoms with van der Waals surface area (Å²) in [5.41, 5.74) is 2.03. The highest BCUT2D eigenvalue weighted by Gasteiger charge is 2.32. The number of amides is 1. The fourth-order valence-electron chi connectivity index (χ4n) is 3.76. The van der Waals surface area contributed by atoms with Gasteiger partial charge in [-0.25, -0.2) is 8.42 Å². The van der Waals surface area contributed by atoms with Crippen molar-refractivity contribution in [3.63, 3.8) is 0 Å². The average Bonchev–Trinajstić information content (AvgIpc) is 3.09. The van der Waals surface area contributed by atoms with Crippen molar-refractivity contribution in [3.05, 3.63) is 58.8 Å². The average molecular weight is 507 g/mol. The van der Waals surface area contributed by atoms with E-state index in [1.807, 2.05) is 32.0 Å². The number of fused-ring (bicyclic) bond motifs is 1. The molecule has 1 aliphatic rings. The molecule has 2 unspecified atom stereocenters. The number of carbonyl (C=O) groups excluding carboxylic acids is 1. The van der Waals surface area contributed by atoms with E-state index >= 15 is 0 Å². The van der Waals surface area contributed by atoms with E-state index in [2.05, 4.69) is 21.2 Å². The molecule has 3 aromatic rings. The van der Waals surface area contributed by atoms with Crippen LogP contribution in [0.2, 0.25) is 0 Å². The van der Waals surface area contributed by atoms with Crippen molar-refractivity contribution in [2.24, 2.45) is 0 Å². The smallest absolute Gasteiger partial charge is 0.243 e. The van der Waals surface area contributed by atoms with E-state index in [1.165, 1.54) is 16.4 Å². The molecule has 1 fully saturated rings. The van der Waals surface area contributed by atoms with Crippen LogP contribution >= 0.6 is 15.9 Å². The Balaban J connectivity index is 1.44. The number of morpholine rings is 1. The Morgan fingerprint density at radius 1 is 1.13 bits per heavy atom. The van der Waals surface area contributed by atoms with E-state index in [4.69, 9.17) is 9.15 Å². The number of rotatable bonds is 5. The van der Waals surface area contributed by atoms with Gasteiger partial charge in [0, 0.05) is 34.2 Å². The largest absolute Gasteiger partial charge is 0.464 e. The summed E-state index contributed by atoms with van der Waals surface area (Å²) in [4.78, 5) is 12.7. The standard InChI is InChI=1S/C22H23BrN2O5S/c1-14-11-25(12-15(2)30-14)31(27,28)19-6-4-18(5-7-19)24-22(26)9-16-13-29-21-8-3-17(23)10-20(16)21/h3-8,10,13-15H,9,11-12H2,1-2H3,(H,24,26). The van der Waals surface area contributed by atoms with Crippen LogP contribution in [-0.2, 0) is 26.0 Å². The fraction of sp³-hybridized carbons (Fsp3) is 0.318. The van der Waals surface area contributed by atoms with E-state index < -0.39 is 10.0 Å². The molecule has 0 radical (unpaired) electrons. The number of furan rings is 1. The normalized spacial score (nSPS) is 20.1. The molecule has 0 spiro atoms. The highest BCUT2D eigenvalue weighted by molar-refractivity contribution is 9.10. The minimum atomic E-state index is -3.62. The first-order valence-electron chi connectivity index (χ1n) is 9.93. The van der Waals surface area contributed by atoms with Gasteiger partial charge in [0.25, 0.3) is 0 Å². The topological polar surface area (TPSA) is 88.9 Å². The number of ether oxygens (including phenoxy) is 1. The Hall–Kier alpha value is -2.20. The van der Waals surface area contributed by atoms with Crippen molar-refractivity contribution in [2.45, 2.75) is 37.4 Å². The van der Waals surface area contributed by atoms with Crippen LogP contribution in [0.25, 0.3) is 11.0 Å². The Kier molecular flexibility index (Phi) is 6.20. The van der Waals surface area contributed by atoms with Crippen molar-refractivity contribution < 1.29 is 22.4 Å². The molecule has 0 bridgehead atoms. The number of carbonyl (C=O) groups is 1. The molecule has 9 heteroatoms. The molecule has 7 nitrogen and oxygen atoms in total. The SMILES string of the molecule is CC1CN(S(=O)(=O)c2ccc(NC(=O)Cc3coc4ccc(Br)cc34)cc2)CC(C)O1. The third kappa shape index (κ3) is 4.85. The molecule has 2 heterocycles. The van der Waals surface area contributed by atoms with Crippen molar-refractivity contribution in [1.29, 1.82) is 0 Å². The minimum absolute atomic E-state index is 0.146. The predicted octanol–water partition coefficient (Wildman–Crippen LogP) is 4.17. The Morgan fingerprint density at radius 2 is 1.81 bits per heavy atom. The summed E-state index contributed by atoms with van der Waals surface area (Å²) in [6, 6.07) is 11.9.